The SMILES string of the molecule is CCCCCc1cc(F)c(C#Cc2ccc(N=Nc3ccc(CCC)cc3)cc2)c(F)c1. The number of hydrogen-bond acceptors (Lipinski definition) is 2. The van der Waals surface area contributed by atoms with Gasteiger partial charge in [-0.25, -0.2) is 8.78 Å². The molecule has 0 saturated heterocycles. The summed E-state index contributed by atoms with van der Waals surface area (Å²) in [6, 6.07) is 17.9. The van der Waals surface area contributed by atoms with E-state index in [0.29, 0.717) is 23.2 Å². The first-order chi connectivity index (χ1) is 15.6. The Hall–Kier alpha value is -3.32. The van der Waals surface area contributed by atoms with Gasteiger partial charge in [0, 0.05) is 5.56 Å². The van der Waals surface area contributed by atoms with Crippen LogP contribution < -0.4 is 0 Å². The van der Waals surface area contributed by atoms with Crippen LogP contribution in [0.3, 0.4) is 0 Å². The molecule has 0 aliphatic rings. The third kappa shape index (κ3) is 6.85. The summed E-state index contributed by atoms with van der Waals surface area (Å²) in [5.41, 5.74) is 3.89. The average Bonchev–Trinajstić information content (AvgIpc) is 2.79. The number of rotatable bonds is 8. The summed E-state index contributed by atoms with van der Waals surface area (Å²) in [7, 11) is 0. The monoisotopic (exact) mass is 430 g/mol. The molecule has 0 spiro atoms. The van der Waals surface area contributed by atoms with E-state index in [4.69, 9.17) is 0 Å². The van der Waals surface area contributed by atoms with Gasteiger partial charge in [-0.15, -0.1) is 0 Å². The van der Waals surface area contributed by atoms with E-state index in [1.165, 1.54) is 17.7 Å². The van der Waals surface area contributed by atoms with Gasteiger partial charge in [0.2, 0.25) is 0 Å². The van der Waals surface area contributed by atoms with Crippen LogP contribution in [0.4, 0.5) is 20.2 Å². The predicted octanol–water partition coefficient (Wildman–Crippen LogP) is 8.47. The second kappa shape index (κ2) is 11.9. The lowest BCUT2D eigenvalue weighted by molar-refractivity contribution is 0.572. The van der Waals surface area contributed by atoms with Gasteiger partial charge in [0.05, 0.1) is 16.9 Å². The summed E-state index contributed by atoms with van der Waals surface area (Å²) in [6.45, 7) is 4.25. The summed E-state index contributed by atoms with van der Waals surface area (Å²) >= 11 is 0. The summed E-state index contributed by atoms with van der Waals surface area (Å²) in [5, 5.41) is 8.49. The first-order valence-corrected chi connectivity index (χ1v) is 11.2. The minimum Gasteiger partial charge on any atom is -0.206 e. The number of benzene rings is 3. The molecule has 0 heterocycles. The Labute approximate surface area is 189 Å². The molecule has 3 aromatic rings. The first-order valence-electron chi connectivity index (χ1n) is 11.2. The summed E-state index contributed by atoms with van der Waals surface area (Å²) < 4.78 is 28.7. The fourth-order valence-corrected chi connectivity index (χ4v) is 3.35. The van der Waals surface area contributed by atoms with E-state index in [2.05, 4.69) is 48.0 Å². The highest BCUT2D eigenvalue weighted by Gasteiger charge is 2.09. The highest BCUT2D eigenvalue weighted by atomic mass is 19.1. The largest absolute Gasteiger partial charge is 0.206 e. The van der Waals surface area contributed by atoms with Gasteiger partial charge in [-0.3, -0.25) is 0 Å². The molecule has 0 aliphatic carbocycles. The fourth-order valence-electron chi connectivity index (χ4n) is 3.35. The molecule has 164 valence electrons. The molecule has 0 aromatic heterocycles. The second-order valence-corrected chi connectivity index (χ2v) is 7.80. The molecular weight excluding hydrogens is 402 g/mol. The van der Waals surface area contributed by atoms with Crippen LogP contribution in [0.25, 0.3) is 0 Å². The molecule has 0 atom stereocenters. The van der Waals surface area contributed by atoms with Crippen LogP contribution in [0.2, 0.25) is 0 Å². The van der Waals surface area contributed by atoms with Crippen LogP contribution in [-0.4, -0.2) is 0 Å². The molecule has 0 fully saturated rings. The van der Waals surface area contributed by atoms with Gasteiger partial charge in [0.25, 0.3) is 0 Å². The van der Waals surface area contributed by atoms with Crippen molar-refractivity contribution in [2.45, 2.75) is 52.4 Å². The molecule has 0 bridgehead atoms. The zero-order valence-electron chi connectivity index (χ0n) is 18.7. The predicted molar refractivity (Wildman–Crippen MR) is 127 cm³/mol. The molecule has 0 unspecified atom stereocenters. The number of hydrogen-bond donors (Lipinski definition) is 0. The lowest BCUT2D eigenvalue weighted by atomic mass is 10.0. The van der Waals surface area contributed by atoms with Gasteiger partial charge in [0.1, 0.15) is 11.6 Å². The Kier molecular flexibility index (Phi) is 8.69. The number of aryl methyl sites for hydroxylation is 2. The van der Waals surface area contributed by atoms with Crippen molar-refractivity contribution in [3.63, 3.8) is 0 Å². The van der Waals surface area contributed by atoms with E-state index in [9.17, 15) is 8.78 Å². The van der Waals surface area contributed by atoms with Gasteiger partial charge in [-0.1, -0.05) is 57.1 Å². The van der Waals surface area contributed by atoms with Gasteiger partial charge < -0.3 is 0 Å². The zero-order valence-corrected chi connectivity index (χ0v) is 18.7. The quantitative estimate of drug-likeness (QED) is 0.194. The zero-order chi connectivity index (χ0) is 22.8. The summed E-state index contributed by atoms with van der Waals surface area (Å²) in [4.78, 5) is 0. The van der Waals surface area contributed by atoms with Gasteiger partial charge in [-0.2, -0.15) is 10.2 Å². The maximum Gasteiger partial charge on any atom is 0.142 e. The Bertz CT molecular complexity index is 1080. The number of halogens is 2. The Morgan fingerprint density at radius 2 is 1.25 bits per heavy atom. The van der Waals surface area contributed by atoms with Crippen LogP contribution in [0.15, 0.2) is 70.9 Å². The number of nitrogens with zero attached hydrogens (tertiary/aromatic N) is 2. The molecule has 0 aliphatic heterocycles. The van der Waals surface area contributed by atoms with Crippen molar-refractivity contribution in [2.75, 3.05) is 0 Å². The third-order valence-corrected chi connectivity index (χ3v) is 5.13. The Morgan fingerprint density at radius 3 is 1.81 bits per heavy atom. The van der Waals surface area contributed by atoms with E-state index >= 15 is 0 Å². The molecule has 32 heavy (non-hydrogen) atoms. The van der Waals surface area contributed by atoms with E-state index in [1.54, 1.807) is 24.3 Å². The molecule has 3 rings (SSSR count). The molecule has 0 N–H and O–H groups in total. The van der Waals surface area contributed by atoms with Crippen LogP contribution in [-0.2, 0) is 12.8 Å². The number of unbranched alkanes of at least 4 members (excludes halogenated alkanes) is 2. The summed E-state index contributed by atoms with van der Waals surface area (Å²) in [5.74, 6) is 4.24. The van der Waals surface area contributed by atoms with E-state index in [-0.39, 0.29) is 5.56 Å². The standard InChI is InChI=1S/C28H28F2N2/c1-3-5-6-8-23-19-27(29)26(28(30)20-23)18-13-22-11-16-25(17-12-22)32-31-24-14-9-21(7-4-2)10-15-24/h9-12,14-17,19-20H,3-8H2,1-2H3. The Balaban J connectivity index is 1.66. The third-order valence-electron chi connectivity index (χ3n) is 5.13. The molecule has 0 radical (unpaired) electrons. The maximum atomic E-state index is 14.3. The average molecular weight is 431 g/mol. The van der Waals surface area contributed by atoms with Crippen LogP contribution >= 0.6 is 0 Å². The van der Waals surface area contributed by atoms with Crippen molar-refractivity contribution >= 4 is 11.4 Å². The van der Waals surface area contributed by atoms with E-state index in [1.807, 2.05) is 12.1 Å². The van der Waals surface area contributed by atoms with E-state index in [0.717, 1.165) is 37.8 Å². The van der Waals surface area contributed by atoms with Crippen LogP contribution in [0, 0.1) is 23.5 Å². The van der Waals surface area contributed by atoms with E-state index < -0.39 is 11.6 Å². The minimum atomic E-state index is -0.612. The van der Waals surface area contributed by atoms with Crippen molar-refractivity contribution in [2.24, 2.45) is 10.2 Å². The van der Waals surface area contributed by atoms with Gasteiger partial charge in [0.15, 0.2) is 0 Å². The molecular formula is C28H28F2N2. The first kappa shape index (κ1) is 23.3. The molecule has 2 nitrogen and oxygen atoms in total. The van der Waals surface area contributed by atoms with Crippen molar-refractivity contribution in [3.05, 3.63) is 94.6 Å². The maximum absolute atomic E-state index is 14.3. The highest BCUT2D eigenvalue weighted by molar-refractivity contribution is 5.49. The fraction of sp³-hybridized carbons (Fsp3) is 0.286. The second-order valence-electron chi connectivity index (χ2n) is 7.80. The smallest absolute Gasteiger partial charge is 0.142 e. The van der Waals surface area contributed by atoms with Gasteiger partial charge in [-0.05, 0) is 78.9 Å². The van der Waals surface area contributed by atoms with Crippen molar-refractivity contribution < 1.29 is 8.78 Å². The number of azo groups is 1. The molecule has 4 heteroatoms. The summed E-state index contributed by atoms with van der Waals surface area (Å²) in [6.07, 6.45) is 5.88. The molecule has 3 aromatic carbocycles. The van der Waals surface area contributed by atoms with Gasteiger partial charge >= 0.3 is 0 Å². The molecule has 0 saturated carbocycles. The highest BCUT2D eigenvalue weighted by Crippen LogP contribution is 2.20. The van der Waals surface area contributed by atoms with Crippen molar-refractivity contribution in [1.82, 2.24) is 0 Å². The Morgan fingerprint density at radius 1 is 0.656 bits per heavy atom. The van der Waals surface area contributed by atoms with Crippen LogP contribution in [0.5, 0.6) is 0 Å². The van der Waals surface area contributed by atoms with Crippen molar-refractivity contribution in [1.29, 1.82) is 0 Å². The van der Waals surface area contributed by atoms with Crippen molar-refractivity contribution in [3.8, 4) is 11.8 Å². The van der Waals surface area contributed by atoms with Crippen LogP contribution in [0.1, 0.15) is 61.8 Å². The lowest BCUT2D eigenvalue weighted by Gasteiger charge is -2.04. The lowest BCUT2D eigenvalue weighted by Crippen LogP contribution is -1.95. The minimum absolute atomic E-state index is 0.195. The normalized spacial score (nSPS) is 10.9. The molecule has 0 amide bonds. The topological polar surface area (TPSA) is 24.7 Å².